The van der Waals surface area contributed by atoms with Crippen LogP contribution in [0.2, 0.25) is 5.15 Å². The second-order valence-electron chi connectivity index (χ2n) is 7.31. The minimum Gasteiger partial charge on any atom is -0.399 e. The van der Waals surface area contributed by atoms with Gasteiger partial charge in [0.2, 0.25) is 0 Å². The van der Waals surface area contributed by atoms with E-state index in [0.29, 0.717) is 27.4 Å². The molecule has 1 aliphatic heterocycles. The second kappa shape index (κ2) is 5.93. The summed E-state index contributed by atoms with van der Waals surface area (Å²) in [6.45, 7) is 9.68. The van der Waals surface area contributed by atoms with Gasteiger partial charge in [-0.1, -0.05) is 11.6 Å². The van der Waals surface area contributed by atoms with Gasteiger partial charge in [-0.25, -0.2) is 9.97 Å². The van der Waals surface area contributed by atoms with E-state index in [4.69, 9.17) is 20.9 Å². The molecular formula is C17H21BClN3O3. The molecule has 1 fully saturated rings. The van der Waals surface area contributed by atoms with Crippen molar-refractivity contribution in [3.63, 3.8) is 0 Å². The quantitative estimate of drug-likeness (QED) is 0.605. The molecule has 0 N–H and O–H groups in total. The second-order valence-corrected chi connectivity index (χ2v) is 7.67. The third-order valence-corrected chi connectivity index (χ3v) is 5.30. The number of pyridine rings is 1. The number of aryl methyl sites for hydroxylation is 2. The van der Waals surface area contributed by atoms with Crippen molar-refractivity contribution in [2.45, 2.75) is 45.8 Å². The average Bonchev–Trinajstić information content (AvgIpc) is 2.73. The fraction of sp³-hybridized carbons (Fsp3) is 0.471. The summed E-state index contributed by atoms with van der Waals surface area (Å²) >= 11 is 6.29. The van der Waals surface area contributed by atoms with Crippen LogP contribution in [-0.4, -0.2) is 32.9 Å². The van der Waals surface area contributed by atoms with E-state index in [0.717, 1.165) is 0 Å². The number of aromatic nitrogens is 3. The largest absolute Gasteiger partial charge is 0.498 e. The monoisotopic (exact) mass is 361 g/mol. The fourth-order valence-corrected chi connectivity index (χ4v) is 2.88. The topological polar surface area (TPSA) is 66.2 Å². The highest BCUT2D eigenvalue weighted by atomic mass is 35.5. The molecule has 0 aliphatic carbocycles. The number of nitrogens with zero attached hydrogens (tertiary/aromatic N) is 3. The summed E-state index contributed by atoms with van der Waals surface area (Å²) in [6, 6.07) is 1.79. The molecule has 0 radical (unpaired) electrons. The number of hydrogen-bond acceptors (Lipinski definition) is 5. The van der Waals surface area contributed by atoms with E-state index < -0.39 is 18.3 Å². The lowest BCUT2D eigenvalue weighted by atomic mass is 9.79. The Labute approximate surface area is 152 Å². The average molecular weight is 362 g/mol. The molecule has 0 aromatic carbocycles. The van der Waals surface area contributed by atoms with Crippen molar-refractivity contribution in [3.8, 4) is 11.1 Å². The van der Waals surface area contributed by atoms with Crippen LogP contribution in [0.15, 0.2) is 23.4 Å². The molecule has 0 atom stereocenters. The zero-order chi connectivity index (χ0) is 18.6. The van der Waals surface area contributed by atoms with Gasteiger partial charge in [0, 0.05) is 24.3 Å². The third-order valence-electron chi connectivity index (χ3n) is 4.98. The highest BCUT2D eigenvalue weighted by molar-refractivity contribution is 6.65. The van der Waals surface area contributed by atoms with E-state index in [1.165, 1.54) is 10.9 Å². The van der Waals surface area contributed by atoms with Gasteiger partial charge in [0.05, 0.1) is 28.8 Å². The van der Waals surface area contributed by atoms with Crippen molar-refractivity contribution in [1.82, 2.24) is 14.5 Å². The number of halogens is 1. The smallest absolute Gasteiger partial charge is 0.399 e. The zero-order valence-corrected chi connectivity index (χ0v) is 16.0. The summed E-state index contributed by atoms with van der Waals surface area (Å²) in [5, 5.41) is 0.292. The molecule has 132 valence electrons. The molecule has 8 heteroatoms. The highest BCUT2D eigenvalue weighted by Crippen LogP contribution is 2.37. The fourth-order valence-electron chi connectivity index (χ4n) is 2.69. The van der Waals surface area contributed by atoms with Gasteiger partial charge in [-0.2, -0.15) is 0 Å². The first kappa shape index (κ1) is 18.1. The van der Waals surface area contributed by atoms with E-state index >= 15 is 0 Å². The lowest BCUT2D eigenvalue weighted by Crippen LogP contribution is -2.41. The predicted molar refractivity (Wildman–Crippen MR) is 98.2 cm³/mol. The van der Waals surface area contributed by atoms with Crippen LogP contribution in [0, 0.1) is 6.92 Å². The molecule has 3 rings (SSSR count). The van der Waals surface area contributed by atoms with Gasteiger partial charge in [0.25, 0.3) is 5.56 Å². The third kappa shape index (κ3) is 3.01. The molecule has 2 aromatic heterocycles. The Morgan fingerprint density at radius 2 is 1.76 bits per heavy atom. The summed E-state index contributed by atoms with van der Waals surface area (Å²) < 4.78 is 13.6. The summed E-state index contributed by atoms with van der Waals surface area (Å²) in [5.74, 6) is 0. The number of rotatable bonds is 2. The Bertz CT molecular complexity index is 879. The van der Waals surface area contributed by atoms with Gasteiger partial charge >= 0.3 is 7.12 Å². The Balaban J connectivity index is 2.10. The summed E-state index contributed by atoms with van der Waals surface area (Å²) in [5.41, 5.74) is 1.24. The standard InChI is InChI=1S/C17H21BClN3O3/c1-10-13(15(23)22(6)9-21-10)11-7-12(14(19)20-8-11)18-24-16(2,3)17(4,5)25-18/h7-9H,1-6H3. The molecule has 1 saturated heterocycles. The first-order valence-electron chi connectivity index (χ1n) is 8.07. The van der Waals surface area contributed by atoms with Crippen LogP contribution in [0.4, 0.5) is 0 Å². The number of hydrogen-bond donors (Lipinski definition) is 0. The van der Waals surface area contributed by atoms with E-state index in [1.54, 1.807) is 26.2 Å². The first-order valence-corrected chi connectivity index (χ1v) is 8.45. The van der Waals surface area contributed by atoms with E-state index in [-0.39, 0.29) is 5.56 Å². The van der Waals surface area contributed by atoms with Gasteiger partial charge in [-0.3, -0.25) is 4.79 Å². The maximum absolute atomic E-state index is 12.5. The van der Waals surface area contributed by atoms with Crippen molar-refractivity contribution in [2.75, 3.05) is 0 Å². The van der Waals surface area contributed by atoms with Gasteiger partial charge in [0.1, 0.15) is 5.15 Å². The van der Waals surface area contributed by atoms with Gasteiger partial charge < -0.3 is 13.9 Å². The zero-order valence-electron chi connectivity index (χ0n) is 15.3. The van der Waals surface area contributed by atoms with Crippen LogP contribution in [0.3, 0.4) is 0 Å². The van der Waals surface area contributed by atoms with Crippen molar-refractivity contribution in [2.24, 2.45) is 7.05 Å². The highest BCUT2D eigenvalue weighted by Gasteiger charge is 2.52. The van der Waals surface area contributed by atoms with Gasteiger partial charge in [-0.05, 0) is 40.7 Å². The lowest BCUT2D eigenvalue weighted by molar-refractivity contribution is 0.00578. The SMILES string of the molecule is Cc1ncn(C)c(=O)c1-c1cnc(Cl)c(B2OC(C)(C)C(C)(C)O2)c1. The van der Waals surface area contributed by atoms with Crippen LogP contribution in [-0.2, 0) is 16.4 Å². The van der Waals surface area contributed by atoms with E-state index in [1.807, 2.05) is 27.7 Å². The van der Waals surface area contributed by atoms with Crippen LogP contribution in [0.5, 0.6) is 0 Å². The molecular weight excluding hydrogens is 340 g/mol. The van der Waals surface area contributed by atoms with E-state index in [9.17, 15) is 4.79 Å². The summed E-state index contributed by atoms with van der Waals surface area (Å²) in [7, 11) is 1.02. The maximum Gasteiger partial charge on any atom is 0.498 e. The molecule has 0 spiro atoms. The Kier molecular flexibility index (Phi) is 4.30. The molecule has 0 unspecified atom stereocenters. The molecule has 0 bridgehead atoms. The molecule has 0 amide bonds. The van der Waals surface area contributed by atoms with Crippen LogP contribution >= 0.6 is 11.6 Å². The molecule has 25 heavy (non-hydrogen) atoms. The van der Waals surface area contributed by atoms with Crippen molar-refractivity contribution in [3.05, 3.63) is 39.8 Å². The Hall–Kier alpha value is -1.70. The van der Waals surface area contributed by atoms with Gasteiger partial charge in [0.15, 0.2) is 0 Å². The van der Waals surface area contributed by atoms with Crippen molar-refractivity contribution in [1.29, 1.82) is 0 Å². The minimum absolute atomic E-state index is 0.142. The molecule has 0 saturated carbocycles. The minimum atomic E-state index is -0.647. The maximum atomic E-state index is 12.5. The Morgan fingerprint density at radius 3 is 2.36 bits per heavy atom. The predicted octanol–water partition coefficient (Wildman–Crippen LogP) is 2.10. The molecule has 1 aliphatic rings. The normalized spacial score (nSPS) is 18.6. The van der Waals surface area contributed by atoms with E-state index in [2.05, 4.69) is 9.97 Å². The van der Waals surface area contributed by atoms with Gasteiger partial charge in [-0.15, -0.1) is 0 Å². The van der Waals surface area contributed by atoms with Crippen molar-refractivity contribution >= 4 is 24.2 Å². The van der Waals surface area contributed by atoms with Crippen molar-refractivity contribution < 1.29 is 9.31 Å². The molecule has 2 aromatic rings. The molecule has 3 heterocycles. The Morgan fingerprint density at radius 1 is 1.16 bits per heavy atom. The lowest BCUT2D eigenvalue weighted by Gasteiger charge is -2.32. The summed E-state index contributed by atoms with van der Waals surface area (Å²) in [4.78, 5) is 21.0. The van der Waals surface area contributed by atoms with Crippen LogP contribution < -0.4 is 11.0 Å². The molecule has 6 nitrogen and oxygen atoms in total. The first-order chi connectivity index (χ1) is 11.5. The van der Waals surface area contributed by atoms with Crippen LogP contribution in [0.25, 0.3) is 11.1 Å². The van der Waals surface area contributed by atoms with Crippen LogP contribution in [0.1, 0.15) is 33.4 Å². The summed E-state index contributed by atoms with van der Waals surface area (Å²) in [6.07, 6.45) is 3.07.